The number of carbonyl (C=O) groups is 1. The molecule has 3 nitrogen and oxygen atoms in total. The van der Waals surface area contributed by atoms with Crippen LogP contribution in [-0.2, 0) is 12.0 Å². The zero-order valence-electron chi connectivity index (χ0n) is 17.7. The molecule has 1 atom stereocenters. The SMILES string of the molecule is O=C1c2ccccc2CC1(c1ccc(F)cc1)N1CCN(CC2CCCCC2)CC1. The first kappa shape index (κ1) is 19.9. The van der Waals surface area contributed by atoms with Gasteiger partial charge in [0.15, 0.2) is 5.78 Å². The molecule has 2 fully saturated rings. The lowest BCUT2D eigenvalue weighted by Gasteiger charge is -2.46. The second-order valence-electron chi connectivity index (χ2n) is 9.32. The molecule has 5 rings (SSSR count). The zero-order chi connectivity index (χ0) is 20.6. The Morgan fingerprint density at radius 3 is 2.30 bits per heavy atom. The zero-order valence-corrected chi connectivity index (χ0v) is 17.7. The first-order valence-electron chi connectivity index (χ1n) is 11.5. The molecule has 0 N–H and O–H groups in total. The van der Waals surface area contributed by atoms with Crippen molar-refractivity contribution in [2.75, 3.05) is 32.7 Å². The molecule has 158 valence electrons. The van der Waals surface area contributed by atoms with Crippen LogP contribution in [0.2, 0.25) is 0 Å². The first-order chi connectivity index (χ1) is 14.7. The Balaban J connectivity index is 1.39. The predicted molar refractivity (Wildman–Crippen MR) is 117 cm³/mol. The van der Waals surface area contributed by atoms with E-state index in [1.165, 1.54) is 50.8 Å². The number of Topliss-reactive ketones (excluding diaryl/α,β-unsaturated/α-hetero) is 1. The van der Waals surface area contributed by atoms with Crippen LogP contribution in [0, 0.1) is 11.7 Å². The van der Waals surface area contributed by atoms with Crippen molar-refractivity contribution in [3.8, 4) is 0 Å². The molecule has 0 bridgehead atoms. The third-order valence-corrected chi connectivity index (χ3v) is 7.56. The van der Waals surface area contributed by atoms with Gasteiger partial charge in [-0.2, -0.15) is 0 Å². The average molecular weight is 407 g/mol. The van der Waals surface area contributed by atoms with Crippen molar-refractivity contribution in [1.29, 1.82) is 0 Å². The fraction of sp³-hybridized carbons (Fsp3) is 0.500. The maximum atomic E-state index is 13.8. The van der Waals surface area contributed by atoms with Gasteiger partial charge in [0.2, 0.25) is 0 Å². The van der Waals surface area contributed by atoms with Gasteiger partial charge in [-0.1, -0.05) is 55.7 Å². The van der Waals surface area contributed by atoms with Crippen LogP contribution in [0.15, 0.2) is 48.5 Å². The van der Waals surface area contributed by atoms with Gasteiger partial charge in [-0.25, -0.2) is 4.39 Å². The monoisotopic (exact) mass is 406 g/mol. The summed E-state index contributed by atoms with van der Waals surface area (Å²) in [5.74, 6) is 0.758. The van der Waals surface area contributed by atoms with E-state index < -0.39 is 5.54 Å². The van der Waals surface area contributed by atoms with Crippen molar-refractivity contribution in [2.45, 2.75) is 44.1 Å². The highest BCUT2D eigenvalue weighted by Crippen LogP contribution is 2.43. The lowest BCUT2D eigenvalue weighted by molar-refractivity contribution is 0.0258. The van der Waals surface area contributed by atoms with Crippen molar-refractivity contribution >= 4 is 5.78 Å². The van der Waals surface area contributed by atoms with Crippen LogP contribution in [-0.4, -0.2) is 48.3 Å². The van der Waals surface area contributed by atoms with Crippen LogP contribution in [0.25, 0.3) is 0 Å². The molecule has 2 aromatic carbocycles. The standard InChI is InChI=1S/C26H31FN2O/c27-23-12-10-22(11-13-23)26(18-21-8-4-5-9-24(21)25(26)30)29-16-14-28(15-17-29)19-20-6-2-1-3-7-20/h4-5,8-13,20H,1-3,6-7,14-19H2. The van der Waals surface area contributed by atoms with E-state index in [4.69, 9.17) is 0 Å². The molecule has 0 spiro atoms. The van der Waals surface area contributed by atoms with Crippen LogP contribution < -0.4 is 0 Å². The number of benzene rings is 2. The summed E-state index contributed by atoms with van der Waals surface area (Å²) in [4.78, 5) is 18.7. The maximum Gasteiger partial charge on any atom is 0.188 e. The van der Waals surface area contributed by atoms with Crippen LogP contribution in [0.4, 0.5) is 4.39 Å². The summed E-state index contributed by atoms with van der Waals surface area (Å²) in [5.41, 5.74) is 2.16. The van der Waals surface area contributed by atoms with Crippen LogP contribution >= 0.6 is 0 Å². The second-order valence-corrected chi connectivity index (χ2v) is 9.32. The number of piperazine rings is 1. The van der Waals surface area contributed by atoms with E-state index in [1.807, 2.05) is 30.3 Å². The van der Waals surface area contributed by atoms with Gasteiger partial charge in [0, 0.05) is 44.7 Å². The number of halogens is 1. The Bertz CT molecular complexity index is 898. The van der Waals surface area contributed by atoms with Gasteiger partial charge in [0.25, 0.3) is 0 Å². The number of rotatable bonds is 4. The molecule has 1 heterocycles. The van der Waals surface area contributed by atoms with Gasteiger partial charge in [-0.05, 0) is 42.0 Å². The molecule has 0 amide bonds. The molecular weight excluding hydrogens is 375 g/mol. The fourth-order valence-corrected chi connectivity index (χ4v) is 5.92. The normalized spacial score (nSPS) is 26.1. The van der Waals surface area contributed by atoms with E-state index >= 15 is 0 Å². The number of hydrogen-bond acceptors (Lipinski definition) is 3. The van der Waals surface area contributed by atoms with Gasteiger partial charge in [-0.3, -0.25) is 9.69 Å². The summed E-state index contributed by atoms with van der Waals surface area (Å²) in [6, 6.07) is 14.6. The van der Waals surface area contributed by atoms with E-state index in [-0.39, 0.29) is 11.6 Å². The molecule has 4 heteroatoms. The number of nitrogens with zero attached hydrogens (tertiary/aromatic N) is 2. The quantitative estimate of drug-likeness (QED) is 0.738. The molecule has 1 saturated carbocycles. The smallest absolute Gasteiger partial charge is 0.188 e. The minimum absolute atomic E-state index is 0.172. The summed E-state index contributed by atoms with van der Waals surface area (Å²) < 4.78 is 13.7. The van der Waals surface area contributed by atoms with Gasteiger partial charge >= 0.3 is 0 Å². The minimum Gasteiger partial charge on any atom is -0.301 e. The molecule has 0 radical (unpaired) electrons. The van der Waals surface area contributed by atoms with Crippen LogP contribution in [0.3, 0.4) is 0 Å². The van der Waals surface area contributed by atoms with E-state index in [1.54, 1.807) is 0 Å². The lowest BCUT2D eigenvalue weighted by Crippen LogP contribution is -2.58. The number of ketones is 1. The lowest BCUT2D eigenvalue weighted by atomic mass is 9.83. The Morgan fingerprint density at radius 1 is 0.900 bits per heavy atom. The van der Waals surface area contributed by atoms with Crippen molar-refractivity contribution in [3.63, 3.8) is 0 Å². The third kappa shape index (κ3) is 3.50. The maximum absolute atomic E-state index is 13.8. The summed E-state index contributed by atoms with van der Waals surface area (Å²) in [6.07, 6.45) is 7.57. The molecule has 2 aromatic rings. The highest BCUT2D eigenvalue weighted by Gasteiger charge is 2.51. The van der Waals surface area contributed by atoms with Gasteiger partial charge < -0.3 is 4.90 Å². The number of carbonyl (C=O) groups excluding carboxylic acids is 1. The van der Waals surface area contributed by atoms with Crippen molar-refractivity contribution in [3.05, 3.63) is 71.0 Å². The summed E-state index contributed by atoms with van der Waals surface area (Å²) in [7, 11) is 0. The molecule has 1 saturated heterocycles. The Hall–Kier alpha value is -2.04. The van der Waals surface area contributed by atoms with Crippen LogP contribution in [0.1, 0.15) is 53.6 Å². The molecule has 30 heavy (non-hydrogen) atoms. The Labute approximate surface area is 178 Å². The van der Waals surface area contributed by atoms with Crippen molar-refractivity contribution < 1.29 is 9.18 Å². The van der Waals surface area contributed by atoms with Gasteiger partial charge in [0.05, 0.1) is 0 Å². The molecule has 1 aliphatic heterocycles. The highest BCUT2D eigenvalue weighted by atomic mass is 19.1. The summed E-state index contributed by atoms with van der Waals surface area (Å²) in [6.45, 7) is 4.96. The van der Waals surface area contributed by atoms with E-state index in [0.29, 0.717) is 6.42 Å². The summed E-state index contributed by atoms with van der Waals surface area (Å²) >= 11 is 0. The molecule has 2 aliphatic carbocycles. The Kier molecular flexibility index (Phi) is 5.46. The highest BCUT2D eigenvalue weighted by molar-refractivity contribution is 6.08. The van der Waals surface area contributed by atoms with Gasteiger partial charge in [0.1, 0.15) is 11.4 Å². The predicted octanol–water partition coefficient (Wildman–Crippen LogP) is 4.66. The number of fused-ring (bicyclic) bond motifs is 1. The van der Waals surface area contributed by atoms with E-state index in [2.05, 4.69) is 15.9 Å². The van der Waals surface area contributed by atoms with Crippen molar-refractivity contribution in [2.24, 2.45) is 5.92 Å². The minimum atomic E-state index is -0.700. The number of hydrogen-bond donors (Lipinski definition) is 0. The van der Waals surface area contributed by atoms with E-state index in [0.717, 1.165) is 48.8 Å². The molecule has 3 aliphatic rings. The average Bonchev–Trinajstić information content (AvgIpc) is 3.09. The molecule has 1 unspecified atom stereocenters. The fourth-order valence-electron chi connectivity index (χ4n) is 5.92. The van der Waals surface area contributed by atoms with E-state index in [9.17, 15) is 9.18 Å². The van der Waals surface area contributed by atoms with Crippen molar-refractivity contribution in [1.82, 2.24) is 9.80 Å². The van der Waals surface area contributed by atoms with Crippen LogP contribution in [0.5, 0.6) is 0 Å². The molecule has 0 aromatic heterocycles. The second kappa shape index (κ2) is 8.24. The topological polar surface area (TPSA) is 23.6 Å². The van der Waals surface area contributed by atoms with Gasteiger partial charge in [-0.15, -0.1) is 0 Å². The molecular formula is C26H31FN2O. The largest absolute Gasteiger partial charge is 0.301 e. The Morgan fingerprint density at radius 2 is 1.60 bits per heavy atom. The third-order valence-electron chi connectivity index (χ3n) is 7.56. The first-order valence-corrected chi connectivity index (χ1v) is 11.5. The summed E-state index contributed by atoms with van der Waals surface area (Å²) in [5, 5.41) is 0.